The van der Waals surface area contributed by atoms with Crippen molar-refractivity contribution in [3.05, 3.63) is 42.5 Å². The summed E-state index contributed by atoms with van der Waals surface area (Å²) >= 11 is 0. The highest BCUT2D eigenvalue weighted by Crippen LogP contribution is 2.20. The predicted molar refractivity (Wildman–Crippen MR) is 84.8 cm³/mol. The molecule has 0 unspecified atom stereocenters. The lowest BCUT2D eigenvalue weighted by Gasteiger charge is -2.32. The summed E-state index contributed by atoms with van der Waals surface area (Å²) in [5, 5.41) is 5.11. The van der Waals surface area contributed by atoms with Crippen LogP contribution in [0.4, 0.5) is 5.69 Å². The zero-order valence-corrected chi connectivity index (χ0v) is 12.8. The fourth-order valence-corrected chi connectivity index (χ4v) is 2.90. The summed E-state index contributed by atoms with van der Waals surface area (Å²) in [5.74, 6) is 0.916. The van der Waals surface area contributed by atoms with Gasteiger partial charge in [0.2, 0.25) is 11.6 Å². The van der Waals surface area contributed by atoms with Crippen LogP contribution in [0, 0.1) is 0 Å². The molecule has 0 spiro atoms. The zero-order valence-electron chi connectivity index (χ0n) is 12.8. The number of aryl methyl sites for hydroxylation is 1. The first kappa shape index (κ1) is 14.0. The number of nitrogens with zero attached hydrogens (tertiary/aromatic N) is 5. The van der Waals surface area contributed by atoms with Gasteiger partial charge in [-0.25, -0.2) is 4.98 Å². The van der Waals surface area contributed by atoms with Gasteiger partial charge in [0.05, 0.1) is 25.0 Å². The summed E-state index contributed by atoms with van der Waals surface area (Å²) in [6.07, 6.45) is 5.29. The molecule has 4 heterocycles. The third-order valence-electron chi connectivity index (χ3n) is 4.03. The minimum absolute atomic E-state index is 0.0819. The normalized spacial score (nSPS) is 16.4. The van der Waals surface area contributed by atoms with Crippen LogP contribution in [-0.4, -0.2) is 45.2 Å². The maximum atomic E-state index is 12.4. The largest absolute Gasteiger partial charge is 0.441 e. The third kappa shape index (κ3) is 2.70. The van der Waals surface area contributed by atoms with Crippen LogP contribution in [0.3, 0.4) is 0 Å². The second-order valence-electron chi connectivity index (χ2n) is 5.74. The van der Waals surface area contributed by atoms with Gasteiger partial charge in [0.1, 0.15) is 5.76 Å². The van der Waals surface area contributed by atoms with E-state index in [1.807, 2.05) is 31.4 Å². The molecule has 1 aliphatic heterocycles. The molecule has 7 heteroatoms. The van der Waals surface area contributed by atoms with Gasteiger partial charge in [-0.05, 0) is 18.2 Å². The Balaban J connectivity index is 1.45. The molecule has 1 amide bonds. The van der Waals surface area contributed by atoms with Crippen molar-refractivity contribution in [1.82, 2.24) is 19.7 Å². The van der Waals surface area contributed by atoms with E-state index < -0.39 is 0 Å². The Morgan fingerprint density at radius 2 is 2.26 bits per heavy atom. The molecule has 0 N–H and O–H groups in total. The van der Waals surface area contributed by atoms with E-state index in [9.17, 15) is 4.79 Å². The summed E-state index contributed by atoms with van der Waals surface area (Å²) in [6.45, 7) is 2.44. The number of rotatable bonds is 3. The average molecular weight is 311 g/mol. The summed E-state index contributed by atoms with van der Waals surface area (Å²) < 4.78 is 7.43. The number of amides is 1. The van der Waals surface area contributed by atoms with Gasteiger partial charge in [-0.2, -0.15) is 5.10 Å². The highest BCUT2D eigenvalue weighted by Gasteiger charge is 2.26. The van der Waals surface area contributed by atoms with Gasteiger partial charge >= 0.3 is 0 Å². The van der Waals surface area contributed by atoms with Crippen LogP contribution in [0.15, 0.2) is 41.2 Å². The van der Waals surface area contributed by atoms with E-state index in [1.165, 1.54) is 0 Å². The number of hydrogen-bond acceptors (Lipinski definition) is 5. The van der Waals surface area contributed by atoms with Crippen molar-refractivity contribution in [1.29, 1.82) is 0 Å². The Hall–Kier alpha value is -2.67. The number of aromatic nitrogens is 3. The first-order valence-corrected chi connectivity index (χ1v) is 7.54. The maximum Gasteiger partial charge on any atom is 0.241 e. The smallest absolute Gasteiger partial charge is 0.241 e. The van der Waals surface area contributed by atoms with Crippen LogP contribution in [0.1, 0.15) is 5.76 Å². The van der Waals surface area contributed by atoms with Crippen molar-refractivity contribution in [3.63, 3.8) is 0 Å². The summed E-state index contributed by atoms with van der Waals surface area (Å²) in [6, 6.07) is 5.85. The minimum atomic E-state index is 0.0819. The van der Waals surface area contributed by atoms with Crippen LogP contribution < -0.4 is 4.90 Å². The van der Waals surface area contributed by atoms with Gasteiger partial charge in [-0.15, -0.1) is 0 Å². The zero-order chi connectivity index (χ0) is 15.8. The Morgan fingerprint density at radius 3 is 3.00 bits per heavy atom. The van der Waals surface area contributed by atoms with Crippen molar-refractivity contribution in [2.24, 2.45) is 7.05 Å². The number of pyridine rings is 1. The second-order valence-corrected chi connectivity index (χ2v) is 5.74. The van der Waals surface area contributed by atoms with E-state index in [-0.39, 0.29) is 5.91 Å². The number of fused-ring (bicyclic) bond motifs is 1. The molecular formula is C16H17N5O2. The molecule has 4 rings (SSSR count). The van der Waals surface area contributed by atoms with Crippen LogP contribution >= 0.6 is 0 Å². The van der Waals surface area contributed by atoms with Crippen molar-refractivity contribution in [2.75, 3.05) is 24.5 Å². The van der Waals surface area contributed by atoms with Gasteiger partial charge in [0.25, 0.3) is 0 Å². The van der Waals surface area contributed by atoms with Crippen molar-refractivity contribution in [3.8, 4) is 0 Å². The number of carbonyl (C=O) groups is 1. The number of carbonyl (C=O) groups excluding carboxylic acids is 1. The van der Waals surface area contributed by atoms with Crippen molar-refractivity contribution >= 4 is 22.7 Å². The lowest BCUT2D eigenvalue weighted by Crippen LogP contribution is -2.50. The van der Waals surface area contributed by atoms with Crippen LogP contribution in [0.5, 0.6) is 0 Å². The highest BCUT2D eigenvalue weighted by atomic mass is 16.3. The highest BCUT2D eigenvalue weighted by molar-refractivity contribution is 5.95. The molecule has 118 valence electrons. The molecule has 1 aliphatic rings. The van der Waals surface area contributed by atoms with Crippen molar-refractivity contribution in [2.45, 2.75) is 6.54 Å². The first-order chi connectivity index (χ1) is 11.2. The molecule has 3 aromatic rings. The molecule has 0 aliphatic carbocycles. The Kier molecular flexibility index (Phi) is 3.34. The molecule has 7 nitrogen and oxygen atoms in total. The lowest BCUT2D eigenvalue weighted by atomic mass is 10.2. The molecule has 0 bridgehead atoms. The van der Waals surface area contributed by atoms with Crippen LogP contribution in [0.25, 0.3) is 11.1 Å². The Bertz CT molecular complexity index is 820. The quantitative estimate of drug-likeness (QED) is 0.731. The molecular weight excluding hydrogens is 294 g/mol. The van der Waals surface area contributed by atoms with Gasteiger partial charge in [-0.3, -0.25) is 14.4 Å². The molecule has 1 saturated heterocycles. The van der Waals surface area contributed by atoms with E-state index in [1.54, 1.807) is 22.0 Å². The van der Waals surface area contributed by atoms with Crippen molar-refractivity contribution < 1.29 is 9.21 Å². The fraction of sp³-hybridized carbons (Fsp3) is 0.312. The second kappa shape index (κ2) is 5.51. The van der Waals surface area contributed by atoms with E-state index >= 15 is 0 Å². The van der Waals surface area contributed by atoms with E-state index in [4.69, 9.17) is 4.42 Å². The summed E-state index contributed by atoms with van der Waals surface area (Å²) in [7, 11) is 1.85. The average Bonchev–Trinajstić information content (AvgIpc) is 3.13. The van der Waals surface area contributed by atoms with E-state index in [2.05, 4.69) is 15.0 Å². The minimum Gasteiger partial charge on any atom is -0.441 e. The van der Waals surface area contributed by atoms with Gasteiger partial charge < -0.3 is 9.32 Å². The molecule has 3 aromatic heterocycles. The molecule has 1 fully saturated rings. The molecule has 0 aromatic carbocycles. The first-order valence-electron chi connectivity index (χ1n) is 7.54. The lowest BCUT2D eigenvalue weighted by molar-refractivity contribution is -0.121. The standard InChI is InChI=1S/C16H17N5O2/c1-19-9-13(8-18-19)21-6-5-20(11-15(21)22)10-14-7-12-3-2-4-17-16(12)23-14/h2-4,7-9H,5-6,10-11H2,1H3. The monoisotopic (exact) mass is 311 g/mol. The summed E-state index contributed by atoms with van der Waals surface area (Å²) in [5.41, 5.74) is 1.49. The Morgan fingerprint density at radius 1 is 1.35 bits per heavy atom. The third-order valence-corrected chi connectivity index (χ3v) is 4.03. The predicted octanol–water partition coefficient (Wildman–Crippen LogP) is 1.41. The van der Waals surface area contributed by atoms with E-state index in [0.29, 0.717) is 25.3 Å². The summed E-state index contributed by atoms with van der Waals surface area (Å²) in [4.78, 5) is 20.4. The number of hydrogen-bond donors (Lipinski definition) is 0. The topological polar surface area (TPSA) is 67.4 Å². The number of piperazine rings is 1. The maximum absolute atomic E-state index is 12.4. The van der Waals surface area contributed by atoms with Gasteiger partial charge in [0, 0.05) is 37.9 Å². The molecule has 0 atom stereocenters. The molecule has 0 saturated carbocycles. The van der Waals surface area contributed by atoms with Crippen LogP contribution in [-0.2, 0) is 18.4 Å². The molecule has 23 heavy (non-hydrogen) atoms. The molecule has 0 radical (unpaired) electrons. The van der Waals surface area contributed by atoms with Gasteiger partial charge in [0.15, 0.2) is 0 Å². The Labute approximate surface area is 133 Å². The van der Waals surface area contributed by atoms with Crippen LogP contribution in [0.2, 0.25) is 0 Å². The van der Waals surface area contributed by atoms with E-state index in [0.717, 1.165) is 23.4 Å². The van der Waals surface area contributed by atoms with Gasteiger partial charge in [-0.1, -0.05) is 0 Å². The SMILES string of the molecule is Cn1cc(N2CCN(Cc3cc4cccnc4o3)CC2=O)cn1. The number of furan rings is 1. The number of anilines is 1. The fourth-order valence-electron chi connectivity index (χ4n) is 2.90.